The number of primary amides is 1. The van der Waals surface area contributed by atoms with Crippen molar-refractivity contribution in [3.05, 3.63) is 29.6 Å². The molecule has 8 heteroatoms. The highest BCUT2D eigenvalue weighted by Gasteiger charge is 2.37. The van der Waals surface area contributed by atoms with Gasteiger partial charge in [0, 0.05) is 6.20 Å². The van der Waals surface area contributed by atoms with Gasteiger partial charge in [-0.15, -0.1) is 0 Å². The van der Waals surface area contributed by atoms with Gasteiger partial charge in [-0.05, 0) is 12.1 Å². The van der Waals surface area contributed by atoms with Gasteiger partial charge in [0.1, 0.15) is 0 Å². The van der Waals surface area contributed by atoms with Crippen LogP contribution < -0.4 is 5.73 Å². The fourth-order valence-electron chi connectivity index (χ4n) is 1.38. The van der Waals surface area contributed by atoms with Crippen LogP contribution in [-0.4, -0.2) is 22.5 Å². The zero-order valence-corrected chi connectivity index (χ0v) is 9.31. The van der Waals surface area contributed by atoms with Crippen molar-refractivity contribution in [3.63, 3.8) is 0 Å². The highest BCUT2D eigenvalue weighted by atomic mass is 19.4. The molecule has 1 aromatic rings. The molecule has 100 valence electrons. The third kappa shape index (κ3) is 3.33. The zero-order valence-electron chi connectivity index (χ0n) is 9.31. The topological polar surface area (TPSA) is 85.4 Å². The first-order valence-corrected chi connectivity index (χ1v) is 4.89. The molecular formula is C10H11F3N2O3. The Morgan fingerprint density at radius 1 is 1.56 bits per heavy atom. The highest BCUT2D eigenvalue weighted by Crippen LogP contribution is 2.34. The number of aliphatic hydroxyl groups excluding tert-OH is 1. The molecule has 0 radical (unpaired) electrons. The molecule has 5 nitrogen and oxygen atoms in total. The number of hydrogen-bond acceptors (Lipinski definition) is 4. The lowest BCUT2D eigenvalue weighted by atomic mass is 10.0. The molecule has 0 aliphatic heterocycles. The second kappa shape index (κ2) is 5.21. The van der Waals surface area contributed by atoms with Gasteiger partial charge in [-0.25, -0.2) is 4.79 Å². The van der Waals surface area contributed by atoms with Crippen LogP contribution in [0.25, 0.3) is 0 Å². The first-order valence-electron chi connectivity index (χ1n) is 4.89. The maximum absolute atomic E-state index is 12.7. The number of carbonyl (C=O) groups excluding carboxylic acids is 1. The first kappa shape index (κ1) is 14.2. The van der Waals surface area contributed by atoms with Crippen LogP contribution in [0.5, 0.6) is 0 Å². The van der Waals surface area contributed by atoms with Crippen LogP contribution in [0.4, 0.5) is 18.0 Å². The van der Waals surface area contributed by atoms with Crippen LogP contribution in [0.1, 0.15) is 24.1 Å². The Morgan fingerprint density at radius 2 is 2.17 bits per heavy atom. The summed E-state index contributed by atoms with van der Waals surface area (Å²) in [6.07, 6.45) is -6.53. The van der Waals surface area contributed by atoms with Crippen LogP contribution in [0.3, 0.4) is 0 Å². The normalized spacial score (nSPS) is 14.9. The van der Waals surface area contributed by atoms with Crippen LogP contribution in [0, 0.1) is 0 Å². The molecule has 0 aliphatic carbocycles. The molecule has 1 aromatic heterocycles. The average molecular weight is 264 g/mol. The fraction of sp³-hybridized carbons (Fsp3) is 0.400. The smallest absolute Gasteiger partial charge is 0.418 e. The van der Waals surface area contributed by atoms with Crippen LogP contribution in [-0.2, 0) is 10.9 Å². The number of nitrogens with two attached hydrogens (primary N) is 1. The van der Waals surface area contributed by atoms with Crippen molar-refractivity contribution in [1.82, 2.24) is 4.98 Å². The molecule has 0 aliphatic rings. The molecular weight excluding hydrogens is 253 g/mol. The molecule has 0 bridgehead atoms. The van der Waals surface area contributed by atoms with Gasteiger partial charge >= 0.3 is 12.3 Å². The van der Waals surface area contributed by atoms with E-state index in [0.29, 0.717) is 0 Å². The summed E-state index contributed by atoms with van der Waals surface area (Å²) >= 11 is 0. The number of hydrogen-bond donors (Lipinski definition) is 2. The van der Waals surface area contributed by atoms with Crippen molar-refractivity contribution < 1.29 is 27.8 Å². The van der Waals surface area contributed by atoms with Crippen molar-refractivity contribution in [3.8, 4) is 0 Å². The minimum absolute atomic E-state index is 0.418. The first-order chi connectivity index (χ1) is 8.23. The summed E-state index contributed by atoms with van der Waals surface area (Å²) < 4.78 is 42.3. The summed E-state index contributed by atoms with van der Waals surface area (Å²) in [7, 11) is 0. The summed E-state index contributed by atoms with van der Waals surface area (Å²) in [6.45, 7) is 1.24. The number of ether oxygens (including phenoxy) is 1. The van der Waals surface area contributed by atoms with Crippen molar-refractivity contribution >= 4 is 6.09 Å². The Labute approximate surface area is 100 Å². The predicted molar refractivity (Wildman–Crippen MR) is 54.3 cm³/mol. The molecule has 0 spiro atoms. The van der Waals surface area contributed by atoms with Gasteiger partial charge in [0.2, 0.25) is 6.29 Å². The maximum atomic E-state index is 12.7. The number of halogens is 3. The number of carbonyl (C=O) groups is 1. The summed E-state index contributed by atoms with van der Waals surface area (Å²) in [5.41, 5.74) is 3.26. The molecule has 2 unspecified atom stereocenters. The minimum Gasteiger partial charge on any atom is -0.419 e. The largest absolute Gasteiger partial charge is 0.419 e. The van der Waals surface area contributed by atoms with Crippen molar-refractivity contribution in [2.75, 3.05) is 0 Å². The Morgan fingerprint density at radius 3 is 2.67 bits per heavy atom. The molecule has 2 atom stereocenters. The van der Waals surface area contributed by atoms with E-state index in [4.69, 9.17) is 0 Å². The van der Waals surface area contributed by atoms with E-state index in [2.05, 4.69) is 15.5 Å². The number of aromatic nitrogens is 1. The number of pyridine rings is 1. The summed E-state index contributed by atoms with van der Waals surface area (Å²) in [5.74, 6) is -1.16. The van der Waals surface area contributed by atoms with Gasteiger partial charge in [0.15, 0.2) is 0 Å². The van der Waals surface area contributed by atoms with E-state index < -0.39 is 35.7 Å². The lowest BCUT2D eigenvalue weighted by molar-refractivity contribution is -0.139. The number of aliphatic hydroxyl groups is 1. The molecule has 1 heterocycles. The second-order valence-corrected chi connectivity index (χ2v) is 3.55. The van der Waals surface area contributed by atoms with E-state index in [9.17, 15) is 23.1 Å². The van der Waals surface area contributed by atoms with Gasteiger partial charge in [0.25, 0.3) is 0 Å². The quantitative estimate of drug-likeness (QED) is 0.812. The maximum Gasteiger partial charge on any atom is 0.418 e. The van der Waals surface area contributed by atoms with Crippen LogP contribution >= 0.6 is 0 Å². The van der Waals surface area contributed by atoms with E-state index >= 15 is 0 Å². The average Bonchev–Trinajstić information content (AvgIpc) is 2.26. The Balaban J connectivity index is 3.06. The van der Waals surface area contributed by atoms with Crippen LogP contribution in [0.15, 0.2) is 18.3 Å². The van der Waals surface area contributed by atoms with E-state index in [1.54, 1.807) is 0 Å². The van der Waals surface area contributed by atoms with Crippen molar-refractivity contribution in [1.29, 1.82) is 0 Å². The third-order valence-electron chi connectivity index (χ3n) is 2.24. The summed E-state index contributed by atoms with van der Waals surface area (Å²) in [5, 5.41) is 9.40. The Hall–Kier alpha value is -1.83. The molecule has 0 aromatic carbocycles. The van der Waals surface area contributed by atoms with Gasteiger partial charge < -0.3 is 15.6 Å². The number of alkyl halides is 3. The number of rotatable bonds is 3. The van der Waals surface area contributed by atoms with E-state index in [-0.39, 0.29) is 0 Å². The summed E-state index contributed by atoms with van der Waals surface area (Å²) in [6, 6.07) is 1.95. The molecule has 1 rings (SSSR count). The zero-order chi connectivity index (χ0) is 13.9. The van der Waals surface area contributed by atoms with E-state index in [0.717, 1.165) is 18.3 Å². The lowest BCUT2D eigenvalue weighted by Crippen LogP contribution is -2.28. The monoisotopic (exact) mass is 264 g/mol. The van der Waals surface area contributed by atoms with Gasteiger partial charge in [-0.1, -0.05) is 6.92 Å². The fourth-order valence-corrected chi connectivity index (χ4v) is 1.38. The van der Waals surface area contributed by atoms with E-state index in [1.807, 2.05) is 0 Å². The summed E-state index contributed by atoms with van der Waals surface area (Å²) in [4.78, 5) is 14.0. The van der Waals surface area contributed by atoms with Crippen molar-refractivity contribution in [2.24, 2.45) is 5.73 Å². The lowest BCUT2D eigenvalue weighted by Gasteiger charge is -2.20. The second-order valence-electron chi connectivity index (χ2n) is 3.55. The molecule has 0 fully saturated rings. The van der Waals surface area contributed by atoms with Gasteiger partial charge in [-0.3, -0.25) is 4.98 Å². The minimum atomic E-state index is -4.61. The van der Waals surface area contributed by atoms with Gasteiger partial charge in [-0.2, -0.15) is 13.2 Å². The van der Waals surface area contributed by atoms with Crippen molar-refractivity contribution in [2.45, 2.75) is 25.3 Å². The standard InChI is InChI=1S/C10H11F3N2O3/c1-5(8(16)18-9(14)17)7-6(10(11,12)13)3-2-4-15-7/h2-5,8,16H,1H3,(H2,14,17). The SMILES string of the molecule is CC(c1ncccc1C(F)(F)F)C(O)OC(N)=O. The van der Waals surface area contributed by atoms with Crippen LogP contribution in [0.2, 0.25) is 0 Å². The Kier molecular flexibility index (Phi) is 4.12. The molecule has 3 N–H and O–H groups in total. The predicted octanol–water partition coefficient (Wildman–Crippen LogP) is 1.62. The van der Waals surface area contributed by atoms with Gasteiger partial charge in [0.05, 0.1) is 17.2 Å². The van der Waals surface area contributed by atoms with E-state index in [1.165, 1.54) is 6.92 Å². The molecule has 18 heavy (non-hydrogen) atoms. The number of nitrogens with zero attached hydrogens (tertiary/aromatic N) is 1. The molecule has 1 amide bonds. The molecule has 0 saturated heterocycles. The third-order valence-corrected chi connectivity index (χ3v) is 2.24. The highest BCUT2D eigenvalue weighted by molar-refractivity contribution is 5.64. The number of amides is 1. The Bertz CT molecular complexity index is 437. The molecule has 0 saturated carbocycles.